The number of nitrogens with zero attached hydrogens (tertiary/aromatic N) is 2. The first-order valence-corrected chi connectivity index (χ1v) is 7.70. The Morgan fingerprint density at radius 3 is 2.22 bits per heavy atom. The van der Waals surface area contributed by atoms with Gasteiger partial charge in [-0.3, -0.25) is 0 Å². The van der Waals surface area contributed by atoms with Crippen molar-refractivity contribution in [2.24, 2.45) is 0 Å². The zero-order valence-corrected chi connectivity index (χ0v) is 13.7. The number of anilines is 2. The quantitative estimate of drug-likeness (QED) is 0.679. The number of alkyl halides is 3. The van der Waals surface area contributed by atoms with Crippen molar-refractivity contribution in [1.29, 1.82) is 0 Å². The summed E-state index contributed by atoms with van der Waals surface area (Å²) in [6.07, 6.45) is -1.86. The molecule has 0 radical (unpaired) electrons. The minimum atomic E-state index is -4.49. The third-order valence-corrected chi connectivity index (χ3v) is 3.29. The molecule has 138 valence electrons. The number of para-hydroxylation sites is 1. The number of benzene rings is 2. The van der Waals surface area contributed by atoms with E-state index in [1.807, 2.05) is 6.07 Å². The van der Waals surface area contributed by atoms with E-state index in [-0.39, 0.29) is 17.4 Å². The molecule has 6 nitrogen and oxygen atoms in total. The van der Waals surface area contributed by atoms with Crippen molar-refractivity contribution >= 4 is 17.4 Å². The first-order valence-electron chi connectivity index (χ1n) is 7.70. The van der Waals surface area contributed by atoms with Crippen LogP contribution in [0.3, 0.4) is 0 Å². The zero-order valence-electron chi connectivity index (χ0n) is 13.7. The van der Waals surface area contributed by atoms with Crippen molar-refractivity contribution in [2.75, 3.05) is 10.6 Å². The number of urea groups is 1. The SMILES string of the molecule is O=C(Nc1cnc(Oc2ccccc2)nc1)Nc1cccc(C(F)(F)F)c1. The van der Waals surface area contributed by atoms with Gasteiger partial charge in [-0.2, -0.15) is 13.2 Å². The van der Waals surface area contributed by atoms with Crippen molar-refractivity contribution in [2.45, 2.75) is 6.18 Å². The molecule has 0 unspecified atom stereocenters. The Kier molecular flexibility index (Phi) is 5.20. The second kappa shape index (κ2) is 7.73. The summed E-state index contributed by atoms with van der Waals surface area (Å²) >= 11 is 0. The molecule has 27 heavy (non-hydrogen) atoms. The highest BCUT2D eigenvalue weighted by molar-refractivity contribution is 5.99. The number of hydrogen-bond donors (Lipinski definition) is 2. The van der Waals surface area contributed by atoms with Crippen molar-refractivity contribution in [1.82, 2.24) is 9.97 Å². The van der Waals surface area contributed by atoms with E-state index >= 15 is 0 Å². The van der Waals surface area contributed by atoms with Gasteiger partial charge >= 0.3 is 18.2 Å². The van der Waals surface area contributed by atoms with E-state index in [0.717, 1.165) is 12.1 Å². The number of nitrogens with one attached hydrogen (secondary N) is 2. The van der Waals surface area contributed by atoms with E-state index in [1.54, 1.807) is 24.3 Å². The second-order valence-electron chi connectivity index (χ2n) is 5.33. The summed E-state index contributed by atoms with van der Waals surface area (Å²) in [6, 6.07) is 12.6. The largest absolute Gasteiger partial charge is 0.424 e. The molecule has 2 aromatic carbocycles. The topological polar surface area (TPSA) is 76.1 Å². The Morgan fingerprint density at radius 2 is 1.56 bits per heavy atom. The maximum absolute atomic E-state index is 12.7. The fourth-order valence-electron chi connectivity index (χ4n) is 2.09. The summed E-state index contributed by atoms with van der Waals surface area (Å²) in [7, 11) is 0. The van der Waals surface area contributed by atoms with Gasteiger partial charge in [0, 0.05) is 5.69 Å². The molecule has 0 bridgehead atoms. The third kappa shape index (κ3) is 5.18. The van der Waals surface area contributed by atoms with Crippen LogP contribution in [0.4, 0.5) is 29.3 Å². The Morgan fingerprint density at radius 1 is 0.889 bits per heavy atom. The minimum Gasteiger partial charge on any atom is -0.424 e. The molecule has 2 N–H and O–H groups in total. The molecular weight excluding hydrogens is 361 g/mol. The van der Waals surface area contributed by atoms with Crippen LogP contribution in [0.5, 0.6) is 11.8 Å². The Hall–Kier alpha value is -3.62. The average Bonchev–Trinajstić information content (AvgIpc) is 2.64. The monoisotopic (exact) mass is 374 g/mol. The number of carbonyl (C=O) groups is 1. The third-order valence-electron chi connectivity index (χ3n) is 3.29. The molecule has 3 rings (SSSR count). The first-order chi connectivity index (χ1) is 12.9. The fraction of sp³-hybridized carbons (Fsp3) is 0.0556. The van der Waals surface area contributed by atoms with E-state index in [0.29, 0.717) is 5.75 Å². The van der Waals surface area contributed by atoms with E-state index in [9.17, 15) is 18.0 Å². The van der Waals surface area contributed by atoms with Crippen LogP contribution in [0.15, 0.2) is 67.0 Å². The highest BCUT2D eigenvalue weighted by Crippen LogP contribution is 2.30. The van der Waals surface area contributed by atoms with E-state index in [4.69, 9.17) is 4.74 Å². The van der Waals surface area contributed by atoms with Gasteiger partial charge < -0.3 is 15.4 Å². The van der Waals surface area contributed by atoms with Crippen LogP contribution in [0.2, 0.25) is 0 Å². The lowest BCUT2D eigenvalue weighted by atomic mass is 10.2. The van der Waals surface area contributed by atoms with Crippen LogP contribution in [-0.2, 0) is 6.18 Å². The molecular formula is C18H13F3N4O2. The Labute approximate surface area is 152 Å². The molecule has 0 aliphatic carbocycles. The van der Waals surface area contributed by atoms with Crippen molar-refractivity contribution in [3.8, 4) is 11.8 Å². The lowest BCUT2D eigenvalue weighted by molar-refractivity contribution is -0.137. The Balaban J connectivity index is 1.60. The van der Waals surface area contributed by atoms with Gasteiger partial charge in [-0.05, 0) is 30.3 Å². The van der Waals surface area contributed by atoms with Gasteiger partial charge in [0.05, 0.1) is 23.6 Å². The van der Waals surface area contributed by atoms with Crippen LogP contribution < -0.4 is 15.4 Å². The predicted octanol–water partition coefficient (Wildman–Crippen LogP) is 4.93. The number of rotatable bonds is 4. The smallest absolute Gasteiger partial charge is 0.416 e. The standard InChI is InChI=1S/C18H13F3N4O2/c19-18(20,21)12-5-4-6-13(9-12)24-16(26)25-14-10-22-17(23-11-14)27-15-7-2-1-3-8-15/h1-11H,(H2,24,25,26). The van der Waals surface area contributed by atoms with Gasteiger partial charge in [0.2, 0.25) is 0 Å². The van der Waals surface area contributed by atoms with E-state index < -0.39 is 17.8 Å². The Bertz CT molecular complexity index is 916. The van der Waals surface area contributed by atoms with Gasteiger partial charge in [-0.15, -0.1) is 0 Å². The van der Waals surface area contributed by atoms with Crippen LogP contribution in [0.1, 0.15) is 5.56 Å². The van der Waals surface area contributed by atoms with Crippen molar-refractivity contribution < 1.29 is 22.7 Å². The molecule has 9 heteroatoms. The zero-order chi connectivity index (χ0) is 19.3. The summed E-state index contributed by atoms with van der Waals surface area (Å²) in [5.74, 6) is 0.556. The summed E-state index contributed by atoms with van der Waals surface area (Å²) in [4.78, 5) is 19.8. The van der Waals surface area contributed by atoms with Gasteiger partial charge in [0.25, 0.3) is 0 Å². The number of ether oxygens (including phenoxy) is 1. The normalized spacial score (nSPS) is 10.9. The van der Waals surface area contributed by atoms with Crippen molar-refractivity contribution in [3.05, 3.63) is 72.6 Å². The van der Waals surface area contributed by atoms with Gasteiger partial charge in [-0.1, -0.05) is 24.3 Å². The molecule has 1 heterocycles. The van der Waals surface area contributed by atoms with Gasteiger partial charge in [0.1, 0.15) is 5.75 Å². The van der Waals surface area contributed by atoms with Crippen LogP contribution >= 0.6 is 0 Å². The molecule has 0 saturated heterocycles. The summed E-state index contributed by atoms with van der Waals surface area (Å²) in [6.45, 7) is 0. The van der Waals surface area contributed by atoms with E-state index in [1.165, 1.54) is 24.5 Å². The summed E-state index contributed by atoms with van der Waals surface area (Å²) in [5, 5.41) is 4.75. The van der Waals surface area contributed by atoms with Gasteiger partial charge in [0.15, 0.2) is 0 Å². The second-order valence-corrected chi connectivity index (χ2v) is 5.33. The molecule has 0 atom stereocenters. The lowest BCUT2D eigenvalue weighted by Gasteiger charge is -2.10. The fourth-order valence-corrected chi connectivity index (χ4v) is 2.09. The van der Waals surface area contributed by atoms with Crippen LogP contribution in [-0.4, -0.2) is 16.0 Å². The lowest BCUT2D eigenvalue weighted by Crippen LogP contribution is -2.20. The maximum atomic E-state index is 12.7. The molecule has 1 aromatic heterocycles. The van der Waals surface area contributed by atoms with Gasteiger partial charge in [-0.25, -0.2) is 14.8 Å². The number of halogens is 3. The first kappa shape index (κ1) is 18.2. The maximum Gasteiger partial charge on any atom is 0.416 e. The molecule has 0 aliphatic rings. The molecule has 3 aromatic rings. The van der Waals surface area contributed by atoms with Crippen LogP contribution in [0.25, 0.3) is 0 Å². The van der Waals surface area contributed by atoms with Crippen LogP contribution in [0, 0.1) is 0 Å². The highest BCUT2D eigenvalue weighted by atomic mass is 19.4. The molecule has 0 aliphatic heterocycles. The summed E-state index contributed by atoms with van der Waals surface area (Å²) in [5.41, 5.74) is -0.599. The number of carbonyl (C=O) groups excluding carboxylic acids is 1. The molecule has 0 fully saturated rings. The van der Waals surface area contributed by atoms with Crippen molar-refractivity contribution in [3.63, 3.8) is 0 Å². The molecule has 0 spiro atoms. The number of amides is 2. The summed E-state index contributed by atoms with van der Waals surface area (Å²) < 4.78 is 43.5. The minimum absolute atomic E-state index is 0.00674. The molecule has 0 saturated carbocycles. The number of aromatic nitrogens is 2. The average molecular weight is 374 g/mol. The predicted molar refractivity (Wildman–Crippen MR) is 92.6 cm³/mol. The van der Waals surface area contributed by atoms with E-state index in [2.05, 4.69) is 20.6 Å². The molecule has 2 amide bonds. The number of hydrogen-bond acceptors (Lipinski definition) is 4. The highest BCUT2D eigenvalue weighted by Gasteiger charge is 2.30.